The lowest BCUT2D eigenvalue weighted by Crippen LogP contribution is -2.18. The van der Waals surface area contributed by atoms with E-state index in [1.807, 2.05) is 29.5 Å². The summed E-state index contributed by atoms with van der Waals surface area (Å²) in [4.78, 5) is 2.67. The highest BCUT2D eigenvalue weighted by Crippen LogP contribution is 2.18. The zero-order valence-electron chi connectivity index (χ0n) is 12.3. The topological polar surface area (TPSA) is 21.3 Å². The number of hydrogen-bond donors (Lipinski definition) is 1. The van der Waals surface area contributed by atoms with Gasteiger partial charge in [0.1, 0.15) is 0 Å². The van der Waals surface area contributed by atoms with E-state index in [2.05, 4.69) is 43.4 Å². The summed E-state index contributed by atoms with van der Waals surface area (Å²) >= 11 is 1.83. The number of hydrogen-bond acceptors (Lipinski definition) is 3. The third-order valence-electron chi connectivity index (χ3n) is 2.92. The van der Waals surface area contributed by atoms with Crippen LogP contribution in [-0.4, -0.2) is 6.54 Å². The van der Waals surface area contributed by atoms with Gasteiger partial charge in [0.2, 0.25) is 0 Å². The zero-order chi connectivity index (χ0) is 14.2. The predicted molar refractivity (Wildman–Crippen MR) is 85.8 cm³/mol. The van der Waals surface area contributed by atoms with Gasteiger partial charge in [0.15, 0.2) is 0 Å². The quantitative estimate of drug-likeness (QED) is 0.786. The molecule has 0 unspecified atom stereocenters. The van der Waals surface area contributed by atoms with E-state index in [1.165, 1.54) is 15.3 Å². The van der Waals surface area contributed by atoms with Gasteiger partial charge in [0.05, 0.1) is 13.2 Å². The molecule has 0 spiro atoms. The lowest BCUT2D eigenvalue weighted by molar-refractivity contribution is 0.109. The second kappa shape index (κ2) is 8.20. The molecule has 3 heteroatoms. The Labute approximate surface area is 125 Å². The maximum Gasteiger partial charge on any atom is 0.0814 e. The van der Waals surface area contributed by atoms with Crippen LogP contribution < -0.4 is 5.32 Å². The van der Waals surface area contributed by atoms with Crippen molar-refractivity contribution in [3.05, 3.63) is 57.8 Å². The van der Waals surface area contributed by atoms with Crippen LogP contribution in [0.5, 0.6) is 0 Å². The molecule has 0 amide bonds. The number of ether oxygens (including phenoxy) is 1. The van der Waals surface area contributed by atoms with Crippen molar-refractivity contribution in [3.63, 3.8) is 0 Å². The number of rotatable bonds is 8. The molecule has 0 aliphatic heterocycles. The van der Waals surface area contributed by atoms with Crippen molar-refractivity contribution < 1.29 is 4.74 Å². The Balaban J connectivity index is 1.70. The molecule has 2 aromatic rings. The number of thiophene rings is 1. The van der Waals surface area contributed by atoms with Crippen molar-refractivity contribution >= 4 is 11.3 Å². The molecule has 0 aliphatic carbocycles. The van der Waals surface area contributed by atoms with Crippen LogP contribution in [0.15, 0.2) is 42.5 Å². The smallest absolute Gasteiger partial charge is 0.0814 e. The summed E-state index contributed by atoms with van der Waals surface area (Å²) in [6, 6.07) is 14.7. The van der Waals surface area contributed by atoms with Crippen molar-refractivity contribution in [3.8, 4) is 0 Å². The van der Waals surface area contributed by atoms with Crippen LogP contribution in [0.2, 0.25) is 0 Å². The molecular formula is C17H23NOS. The lowest BCUT2D eigenvalue weighted by atomic mass is 10.2. The molecule has 0 saturated heterocycles. The third-order valence-corrected chi connectivity index (χ3v) is 3.98. The molecule has 2 nitrogen and oxygen atoms in total. The first-order valence-corrected chi connectivity index (χ1v) is 7.95. The first-order chi connectivity index (χ1) is 9.74. The molecule has 108 valence electrons. The van der Waals surface area contributed by atoms with Gasteiger partial charge in [-0.3, -0.25) is 0 Å². The zero-order valence-corrected chi connectivity index (χ0v) is 13.1. The van der Waals surface area contributed by atoms with Gasteiger partial charge in [0, 0.05) is 16.3 Å². The lowest BCUT2D eigenvalue weighted by Gasteiger charge is -2.05. The van der Waals surface area contributed by atoms with Crippen LogP contribution in [0.1, 0.15) is 29.2 Å². The fraction of sp³-hybridized carbons (Fsp3) is 0.412. The van der Waals surface area contributed by atoms with Gasteiger partial charge in [0.25, 0.3) is 0 Å². The van der Waals surface area contributed by atoms with E-state index < -0.39 is 0 Å². The molecule has 1 N–H and O–H groups in total. The van der Waals surface area contributed by atoms with Gasteiger partial charge in [-0.15, -0.1) is 11.3 Å². The minimum atomic E-state index is 0.680. The maximum absolute atomic E-state index is 5.75. The summed E-state index contributed by atoms with van der Waals surface area (Å²) in [5, 5.41) is 3.47. The van der Waals surface area contributed by atoms with Gasteiger partial charge in [-0.2, -0.15) is 0 Å². The molecule has 0 atom stereocenters. The number of nitrogens with one attached hydrogen (secondary N) is 1. The highest BCUT2D eigenvalue weighted by molar-refractivity contribution is 7.11. The Morgan fingerprint density at radius 2 is 1.75 bits per heavy atom. The summed E-state index contributed by atoms with van der Waals surface area (Å²) in [6.45, 7) is 7.86. The summed E-state index contributed by atoms with van der Waals surface area (Å²) in [6.07, 6.45) is 0. The van der Waals surface area contributed by atoms with Crippen molar-refractivity contribution in [2.24, 2.45) is 5.92 Å². The molecule has 0 bridgehead atoms. The van der Waals surface area contributed by atoms with E-state index in [0.717, 1.165) is 13.1 Å². The monoisotopic (exact) mass is 289 g/mol. The summed E-state index contributed by atoms with van der Waals surface area (Å²) in [5.74, 6) is 0.698. The normalized spacial score (nSPS) is 11.2. The Morgan fingerprint density at radius 3 is 2.50 bits per heavy atom. The highest BCUT2D eigenvalue weighted by atomic mass is 32.1. The molecule has 1 heterocycles. The molecule has 2 rings (SSSR count). The minimum Gasteiger partial charge on any atom is -0.371 e. The van der Waals surface area contributed by atoms with Crippen LogP contribution in [-0.2, 0) is 24.5 Å². The van der Waals surface area contributed by atoms with Crippen LogP contribution in [0, 0.1) is 5.92 Å². The largest absolute Gasteiger partial charge is 0.371 e. The van der Waals surface area contributed by atoms with Crippen molar-refractivity contribution in [2.75, 3.05) is 6.54 Å². The third kappa shape index (κ3) is 5.45. The van der Waals surface area contributed by atoms with E-state index in [1.54, 1.807) is 0 Å². The fourth-order valence-corrected chi connectivity index (χ4v) is 2.85. The summed E-state index contributed by atoms with van der Waals surface area (Å²) < 4.78 is 5.75. The fourth-order valence-electron chi connectivity index (χ4n) is 1.92. The van der Waals surface area contributed by atoms with E-state index in [0.29, 0.717) is 19.1 Å². The van der Waals surface area contributed by atoms with Gasteiger partial charge in [-0.25, -0.2) is 0 Å². The predicted octanol–water partition coefficient (Wildman–Crippen LogP) is 4.21. The van der Waals surface area contributed by atoms with E-state index in [4.69, 9.17) is 4.74 Å². The maximum atomic E-state index is 5.75. The van der Waals surface area contributed by atoms with Crippen LogP contribution in [0.25, 0.3) is 0 Å². The van der Waals surface area contributed by atoms with Gasteiger partial charge in [-0.1, -0.05) is 44.2 Å². The first kappa shape index (κ1) is 15.2. The van der Waals surface area contributed by atoms with Gasteiger partial charge >= 0.3 is 0 Å². The molecule has 0 aliphatic rings. The molecule has 0 saturated carbocycles. The number of benzene rings is 1. The van der Waals surface area contributed by atoms with Crippen molar-refractivity contribution in [1.29, 1.82) is 0 Å². The van der Waals surface area contributed by atoms with Crippen molar-refractivity contribution in [1.82, 2.24) is 5.32 Å². The minimum absolute atomic E-state index is 0.680. The second-order valence-electron chi connectivity index (χ2n) is 5.37. The van der Waals surface area contributed by atoms with E-state index in [9.17, 15) is 0 Å². The average molecular weight is 289 g/mol. The second-order valence-corrected chi connectivity index (χ2v) is 6.62. The Hall–Kier alpha value is -1.16. The molecule has 1 aromatic carbocycles. The molecular weight excluding hydrogens is 266 g/mol. The highest BCUT2D eigenvalue weighted by Gasteiger charge is 2.01. The molecule has 0 radical (unpaired) electrons. The van der Waals surface area contributed by atoms with Crippen LogP contribution >= 0.6 is 11.3 Å². The standard InChI is InChI=1S/C17H23NOS/c1-14(2)10-18-11-16-8-9-17(20-16)13-19-12-15-6-4-3-5-7-15/h3-9,14,18H,10-13H2,1-2H3. The Kier molecular flexibility index (Phi) is 6.25. The summed E-state index contributed by atoms with van der Waals surface area (Å²) in [5.41, 5.74) is 1.22. The van der Waals surface area contributed by atoms with Crippen molar-refractivity contribution in [2.45, 2.75) is 33.6 Å². The Bertz CT molecular complexity index is 493. The van der Waals surface area contributed by atoms with E-state index in [-0.39, 0.29) is 0 Å². The van der Waals surface area contributed by atoms with E-state index >= 15 is 0 Å². The average Bonchev–Trinajstić information content (AvgIpc) is 2.87. The molecule has 1 aromatic heterocycles. The van der Waals surface area contributed by atoms with Gasteiger partial charge < -0.3 is 10.1 Å². The first-order valence-electron chi connectivity index (χ1n) is 7.14. The molecule has 0 fully saturated rings. The van der Waals surface area contributed by atoms with Gasteiger partial charge in [-0.05, 0) is 30.2 Å². The molecule has 20 heavy (non-hydrogen) atoms. The van der Waals surface area contributed by atoms with Crippen LogP contribution in [0.3, 0.4) is 0 Å². The Morgan fingerprint density at radius 1 is 1.00 bits per heavy atom. The summed E-state index contributed by atoms with van der Waals surface area (Å²) in [7, 11) is 0. The SMILES string of the molecule is CC(C)CNCc1ccc(COCc2ccccc2)s1. The van der Waals surface area contributed by atoms with Crippen LogP contribution in [0.4, 0.5) is 0 Å².